The molecule has 1 fully saturated rings. The number of hydrogen-bond donors (Lipinski definition) is 2. The first-order valence-corrected chi connectivity index (χ1v) is 5.52. The van der Waals surface area contributed by atoms with Gasteiger partial charge >= 0.3 is 5.97 Å². The van der Waals surface area contributed by atoms with Crippen LogP contribution in [0, 0.1) is 5.82 Å². The maximum absolute atomic E-state index is 13.4. The highest BCUT2D eigenvalue weighted by Crippen LogP contribution is 2.28. The molecule has 0 aromatic heterocycles. The van der Waals surface area contributed by atoms with Gasteiger partial charge in [-0.1, -0.05) is 6.07 Å². The van der Waals surface area contributed by atoms with Crippen molar-refractivity contribution < 1.29 is 19.1 Å². The number of halogens is 1. The van der Waals surface area contributed by atoms with E-state index in [-0.39, 0.29) is 23.3 Å². The summed E-state index contributed by atoms with van der Waals surface area (Å²) < 4.78 is 13.4. The van der Waals surface area contributed by atoms with E-state index in [4.69, 9.17) is 5.11 Å². The lowest BCUT2D eigenvalue weighted by atomic mass is 10.1. The van der Waals surface area contributed by atoms with E-state index in [1.807, 2.05) is 0 Å². The quantitative estimate of drug-likeness (QED) is 0.788. The topological polar surface area (TPSA) is 57.6 Å². The molecule has 2 rings (SSSR count). The van der Waals surface area contributed by atoms with Crippen molar-refractivity contribution in [3.05, 3.63) is 29.6 Å². The van der Waals surface area contributed by atoms with Crippen LogP contribution < -0.4 is 4.90 Å². The molecule has 6 heteroatoms. The predicted octanol–water partition coefficient (Wildman–Crippen LogP) is 1.56. The van der Waals surface area contributed by atoms with Gasteiger partial charge in [0.25, 0.3) is 0 Å². The molecule has 17 heavy (non-hydrogen) atoms. The molecule has 1 aromatic rings. The van der Waals surface area contributed by atoms with Gasteiger partial charge in [0.05, 0.1) is 5.69 Å². The third-order valence-electron chi connectivity index (χ3n) is 2.60. The highest BCUT2D eigenvalue weighted by atomic mass is 32.1. The molecule has 1 atom stereocenters. The van der Waals surface area contributed by atoms with Gasteiger partial charge in [0.2, 0.25) is 5.91 Å². The van der Waals surface area contributed by atoms with E-state index in [2.05, 4.69) is 12.6 Å². The van der Waals surface area contributed by atoms with E-state index in [9.17, 15) is 14.0 Å². The molecular formula is C11H10FNO3S. The highest BCUT2D eigenvalue weighted by molar-refractivity contribution is 7.81. The second-order valence-electron chi connectivity index (χ2n) is 3.80. The summed E-state index contributed by atoms with van der Waals surface area (Å²) in [6.45, 7) is 0.297. The molecule has 0 aliphatic carbocycles. The largest absolute Gasteiger partial charge is 0.478 e. The number of carbonyl (C=O) groups is 2. The molecule has 0 bridgehead atoms. The number of carboxylic acid groups (broad SMARTS) is 1. The summed E-state index contributed by atoms with van der Waals surface area (Å²) in [7, 11) is 0. The third kappa shape index (κ3) is 2.12. The van der Waals surface area contributed by atoms with Gasteiger partial charge in [-0.2, -0.15) is 12.6 Å². The summed E-state index contributed by atoms with van der Waals surface area (Å²) in [5, 5.41) is 8.82. The van der Waals surface area contributed by atoms with E-state index < -0.39 is 17.3 Å². The first-order chi connectivity index (χ1) is 8.00. The van der Waals surface area contributed by atoms with Crippen LogP contribution in [0.25, 0.3) is 0 Å². The third-order valence-corrected chi connectivity index (χ3v) is 2.95. The summed E-state index contributed by atoms with van der Waals surface area (Å²) in [5.41, 5.74) is -0.373. The van der Waals surface area contributed by atoms with Gasteiger partial charge in [-0.15, -0.1) is 0 Å². The van der Waals surface area contributed by atoms with Gasteiger partial charge in [0.15, 0.2) is 0 Å². The fourth-order valence-corrected chi connectivity index (χ4v) is 2.19. The van der Waals surface area contributed by atoms with Crippen LogP contribution >= 0.6 is 12.6 Å². The Labute approximate surface area is 102 Å². The maximum atomic E-state index is 13.4. The monoisotopic (exact) mass is 255 g/mol. The van der Waals surface area contributed by atoms with E-state index in [1.165, 1.54) is 17.0 Å². The number of carbonyl (C=O) groups excluding carboxylic acids is 1. The van der Waals surface area contributed by atoms with E-state index in [0.29, 0.717) is 6.54 Å². The molecule has 1 saturated heterocycles. The molecule has 1 aromatic carbocycles. The molecule has 0 saturated carbocycles. The summed E-state index contributed by atoms with van der Waals surface area (Å²) in [5.74, 6) is -2.46. The number of amides is 1. The predicted molar refractivity (Wildman–Crippen MR) is 63.1 cm³/mol. The minimum absolute atomic E-state index is 0.0963. The van der Waals surface area contributed by atoms with Crippen molar-refractivity contribution in [1.82, 2.24) is 0 Å². The minimum atomic E-state index is -1.38. The Morgan fingerprint density at radius 3 is 2.76 bits per heavy atom. The van der Waals surface area contributed by atoms with Crippen molar-refractivity contribution in [1.29, 1.82) is 0 Å². The first kappa shape index (κ1) is 11.9. The molecule has 1 unspecified atom stereocenters. The number of thiol groups is 1. The minimum Gasteiger partial charge on any atom is -0.478 e. The molecule has 1 amide bonds. The highest BCUT2D eigenvalue weighted by Gasteiger charge is 2.31. The smallest absolute Gasteiger partial charge is 0.340 e. The van der Waals surface area contributed by atoms with Gasteiger partial charge in [0, 0.05) is 18.2 Å². The molecular weight excluding hydrogens is 245 g/mol. The normalized spacial score (nSPS) is 19.8. The van der Waals surface area contributed by atoms with E-state index in [0.717, 1.165) is 6.07 Å². The number of benzene rings is 1. The second kappa shape index (κ2) is 4.37. The lowest BCUT2D eigenvalue weighted by Gasteiger charge is -2.18. The van der Waals surface area contributed by atoms with Crippen molar-refractivity contribution in [2.75, 3.05) is 11.4 Å². The summed E-state index contributed by atoms with van der Waals surface area (Å²) in [4.78, 5) is 23.9. The molecule has 90 valence electrons. The Hall–Kier alpha value is -1.56. The van der Waals surface area contributed by atoms with Crippen LogP contribution in [0.3, 0.4) is 0 Å². The van der Waals surface area contributed by atoms with Crippen LogP contribution in [0.2, 0.25) is 0 Å². The lowest BCUT2D eigenvalue weighted by Crippen LogP contribution is -2.27. The fourth-order valence-electron chi connectivity index (χ4n) is 1.87. The summed E-state index contributed by atoms with van der Waals surface area (Å²) in [6, 6.07) is 3.87. The lowest BCUT2D eigenvalue weighted by molar-refractivity contribution is -0.117. The van der Waals surface area contributed by atoms with E-state index in [1.54, 1.807) is 0 Å². The van der Waals surface area contributed by atoms with Crippen molar-refractivity contribution in [2.24, 2.45) is 0 Å². The molecule has 1 heterocycles. The molecule has 0 spiro atoms. The van der Waals surface area contributed by atoms with Gasteiger partial charge < -0.3 is 10.0 Å². The number of nitrogens with zero attached hydrogens (tertiary/aromatic N) is 1. The Bertz CT molecular complexity index is 492. The van der Waals surface area contributed by atoms with Crippen LogP contribution in [-0.2, 0) is 4.79 Å². The van der Waals surface area contributed by atoms with E-state index >= 15 is 0 Å². The molecule has 1 aliphatic heterocycles. The second-order valence-corrected chi connectivity index (χ2v) is 4.53. The number of anilines is 1. The molecule has 1 N–H and O–H groups in total. The van der Waals surface area contributed by atoms with Crippen LogP contribution in [-0.4, -0.2) is 28.8 Å². The van der Waals surface area contributed by atoms with Crippen LogP contribution in [0.4, 0.5) is 10.1 Å². The fraction of sp³-hybridized carbons (Fsp3) is 0.273. The van der Waals surface area contributed by atoms with Crippen molar-refractivity contribution in [3.63, 3.8) is 0 Å². The van der Waals surface area contributed by atoms with Gasteiger partial charge in [-0.25, -0.2) is 9.18 Å². The van der Waals surface area contributed by atoms with Gasteiger partial charge in [0.1, 0.15) is 11.4 Å². The SMILES string of the molecule is O=C(O)c1c(F)cccc1N1CC(S)CC1=O. The van der Waals surface area contributed by atoms with Crippen molar-refractivity contribution in [2.45, 2.75) is 11.7 Å². The maximum Gasteiger partial charge on any atom is 0.340 e. The van der Waals surface area contributed by atoms with Crippen molar-refractivity contribution in [3.8, 4) is 0 Å². The zero-order valence-electron chi connectivity index (χ0n) is 8.76. The Balaban J connectivity index is 2.49. The zero-order chi connectivity index (χ0) is 12.6. The molecule has 4 nitrogen and oxygen atoms in total. The standard InChI is InChI=1S/C11H10FNO3S/c12-7-2-1-3-8(10(7)11(15)16)13-5-6(17)4-9(13)14/h1-3,6,17H,4-5H2,(H,15,16). The number of aromatic carboxylic acids is 1. The Morgan fingerprint density at radius 2 is 2.24 bits per heavy atom. The number of hydrogen-bond acceptors (Lipinski definition) is 3. The van der Waals surface area contributed by atoms with Crippen molar-refractivity contribution >= 4 is 30.2 Å². The van der Waals surface area contributed by atoms with Crippen LogP contribution in [0.1, 0.15) is 16.8 Å². The zero-order valence-corrected chi connectivity index (χ0v) is 9.65. The molecule has 0 radical (unpaired) electrons. The summed E-state index contributed by atoms with van der Waals surface area (Å²) >= 11 is 4.17. The van der Waals surface area contributed by atoms with Gasteiger partial charge in [-0.05, 0) is 12.1 Å². The summed E-state index contributed by atoms with van der Waals surface area (Å²) in [6.07, 6.45) is 0.235. The van der Waals surface area contributed by atoms with Crippen LogP contribution in [0.15, 0.2) is 18.2 Å². The number of rotatable bonds is 2. The number of carboxylic acids is 1. The van der Waals surface area contributed by atoms with Crippen LogP contribution in [0.5, 0.6) is 0 Å². The average Bonchev–Trinajstić information content (AvgIpc) is 2.56. The first-order valence-electron chi connectivity index (χ1n) is 5.01. The Kier molecular flexibility index (Phi) is 3.06. The average molecular weight is 255 g/mol. The molecule has 1 aliphatic rings. The Morgan fingerprint density at radius 1 is 1.53 bits per heavy atom. The van der Waals surface area contributed by atoms with Gasteiger partial charge in [-0.3, -0.25) is 4.79 Å².